The largest absolute Gasteiger partial charge is 0.343 e. The molecule has 1 aliphatic rings. The van der Waals surface area contributed by atoms with Gasteiger partial charge in [0.25, 0.3) is 0 Å². The van der Waals surface area contributed by atoms with Gasteiger partial charge in [0, 0.05) is 37.2 Å². The first-order chi connectivity index (χ1) is 15.6. The maximum Gasteiger partial charge on any atom is 0.227 e. The van der Waals surface area contributed by atoms with Gasteiger partial charge >= 0.3 is 0 Å². The van der Waals surface area contributed by atoms with E-state index in [0.29, 0.717) is 37.4 Å². The summed E-state index contributed by atoms with van der Waals surface area (Å²) in [5.41, 5.74) is 3.06. The fraction of sp³-hybridized carbons (Fsp3) is 0.261. The minimum Gasteiger partial charge on any atom is -0.343 e. The van der Waals surface area contributed by atoms with Crippen molar-refractivity contribution in [3.63, 3.8) is 0 Å². The van der Waals surface area contributed by atoms with Crippen molar-refractivity contribution in [3.8, 4) is 22.0 Å². The first-order valence-electron chi connectivity index (χ1n) is 10.5. The molecule has 5 rings (SSSR count). The molecule has 4 aromatic rings. The normalized spacial score (nSPS) is 14.6. The molecule has 8 nitrogen and oxygen atoms in total. The van der Waals surface area contributed by atoms with Crippen LogP contribution in [0.5, 0.6) is 0 Å². The highest BCUT2D eigenvalue weighted by Gasteiger charge is 2.26. The van der Waals surface area contributed by atoms with Crippen LogP contribution >= 0.6 is 11.3 Å². The van der Waals surface area contributed by atoms with E-state index in [2.05, 4.69) is 15.5 Å². The quantitative estimate of drug-likeness (QED) is 0.516. The summed E-state index contributed by atoms with van der Waals surface area (Å²) >= 11 is 1.59. The van der Waals surface area contributed by atoms with Crippen LogP contribution in [0.3, 0.4) is 0 Å². The highest BCUT2D eigenvalue weighted by atomic mass is 32.1. The number of carbonyl (C=O) groups is 2. The van der Waals surface area contributed by atoms with E-state index in [4.69, 9.17) is 5.10 Å². The van der Waals surface area contributed by atoms with Crippen molar-refractivity contribution in [2.24, 2.45) is 5.92 Å². The number of anilines is 1. The molecule has 1 aliphatic heterocycles. The number of fused-ring (bicyclic) bond motifs is 1. The van der Waals surface area contributed by atoms with Crippen LogP contribution in [0.4, 0.5) is 5.69 Å². The van der Waals surface area contributed by atoms with E-state index in [1.54, 1.807) is 27.7 Å². The number of carbonyl (C=O) groups excluding carboxylic acids is 2. The van der Waals surface area contributed by atoms with Gasteiger partial charge in [-0.25, -0.2) is 0 Å². The van der Waals surface area contributed by atoms with Crippen LogP contribution in [-0.2, 0) is 9.59 Å². The number of benzene rings is 1. The van der Waals surface area contributed by atoms with Crippen molar-refractivity contribution in [2.75, 3.05) is 18.4 Å². The molecule has 162 valence electrons. The number of piperidine rings is 1. The Labute approximate surface area is 188 Å². The Hall–Kier alpha value is -3.59. The lowest BCUT2D eigenvalue weighted by molar-refractivity contribution is -0.132. The van der Waals surface area contributed by atoms with Gasteiger partial charge in [0.2, 0.25) is 11.8 Å². The van der Waals surface area contributed by atoms with Crippen LogP contribution in [0.2, 0.25) is 0 Å². The van der Waals surface area contributed by atoms with Gasteiger partial charge in [-0.2, -0.15) is 9.61 Å². The second-order valence-corrected chi connectivity index (χ2v) is 8.79. The summed E-state index contributed by atoms with van der Waals surface area (Å²) in [5.74, 6) is 0.677. The lowest BCUT2D eigenvalue weighted by Crippen LogP contribution is -2.40. The molecule has 3 aromatic heterocycles. The van der Waals surface area contributed by atoms with Gasteiger partial charge in [-0.3, -0.25) is 9.59 Å². The third-order valence-electron chi connectivity index (χ3n) is 5.74. The molecule has 1 fully saturated rings. The molecular formula is C23H22N6O2S. The number of aromatic nitrogens is 4. The Morgan fingerprint density at radius 3 is 2.66 bits per heavy atom. The fourth-order valence-corrected chi connectivity index (χ4v) is 4.65. The minimum absolute atomic E-state index is 0.00689. The zero-order valence-corrected chi connectivity index (χ0v) is 18.4. The van der Waals surface area contributed by atoms with Gasteiger partial charge in [-0.15, -0.1) is 21.5 Å². The number of nitrogens with zero attached hydrogens (tertiary/aromatic N) is 5. The van der Waals surface area contributed by atoms with Crippen molar-refractivity contribution in [2.45, 2.75) is 19.8 Å². The van der Waals surface area contributed by atoms with Crippen molar-refractivity contribution < 1.29 is 9.59 Å². The molecule has 0 saturated carbocycles. The van der Waals surface area contributed by atoms with Gasteiger partial charge < -0.3 is 10.2 Å². The molecule has 0 spiro atoms. The van der Waals surface area contributed by atoms with E-state index >= 15 is 0 Å². The van der Waals surface area contributed by atoms with Gasteiger partial charge in [-0.05, 0) is 48.6 Å². The summed E-state index contributed by atoms with van der Waals surface area (Å²) < 4.78 is 1.75. The Kier molecular flexibility index (Phi) is 5.40. The summed E-state index contributed by atoms with van der Waals surface area (Å²) in [6.45, 7) is 2.83. The molecular weight excluding hydrogens is 424 g/mol. The van der Waals surface area contributed by atoms with E-state index in [1.165, 1.54) is 0 Å². The first-order valence-corrected chi connectivity index (χ1v) is 11.4. The van der Waals surface area contributed by atoms with E-state index in [1.807, 2.05) is 53.9 Å². The Bertz CT molecular complexity index is 1270. The predicted octanol–water partition coefficient (Wildman–Crippen LogP) is 3.72. The zero-order valence-electron chi connectivity index (χ0n) is 17.6. The van der Waals surface area contributed by atoms with Crippen molar-refractivity contribution >= 4 is 34.5 Å². The number of hydrogen-bond donors (Lipinski definition) is 1. The molecule has 9 heteroatoms. The molecule has 1 N–H and O–H groups in total. The number of nitrogens with one attached hydrogen (secondary N) is 1. The van der Waals surface area contributed by atoms with E-state index in [0.717, 1.165) is 21.8 Å². The lowest BCUT2D eigenvalue weighted by Gasteiger charge is -2.30. The van der Waals surface area contributed by atoms with E-state index in [-0.39, 0.29) is 17.7 Å². The molecule has 4 heterocycles. The third kappa shape index (κ3) is 3.99. The summed E-state index contributed by atoms with van der Waals surface area (Å²) in [6, 6.07) is 15.4. The van der Waals surface area contributed by atoms with Crippen LogP contribution in [0, 0.1) is 5.92 Å². The number of rotatable bonds is 4. The Balaban J connectivity index is 1.35. The summed E-state index contributed by atoms with van der Waals surface area (Å²) in [7, 11) is 0. The Morgan fingerprint density at radius 1 is 1.06 bits per heavy atom. The van der Waals surface area contributed by atoms with Crippen LogP contribution in [0.1, 0.15) is 19.8 Å². The first kappa shape index (κ1) is 20.3. The smallest absolute Gasteiger partial charge is 0.227 e. The maximum absolute atomic E-state index is 12.8. The van der Waals surface area contributed by atoms with Crippen molar-refractivity contribution in [3.05, 3.63) is 53.9 Å². The fourth-order valence-electron chi connectivity index (χ4n) is 3.96. The monoisotopic (exact) mass is 446 g/mol. The summed E-state index contributed by atoms with van der Waals surface area (Å²) in [6.07, 6.45) is 1.37. The minimum atomic E-state index is -0.0888. The van der Waals surface area contributed by atoms with E-state index in [9.17, 15) is 9.59 Å². The lowest BCUT2D eigenvalue weighted by atomic mass is 9.95. The highest BCUT2D eigenvalue weighted by Crippen LogP contribution is 2.26. The molecule has 0 bridgehead atoms. The van der Waals surface area contributed by atoms with E-state index < -0.39 is 0 Å². The molecule has 1 aromatic carbocycles. The second-order valence-electron chi connectivity index (χ2n) is 7.84. The molecule has 0 aliphatic carbocycles. The van der Waals surface area contributed by atoms with Crippen LogP contribution in [0.25, 0.3) is 27.6 Å². The van der Waals surface area contributed by atoms with Crippen LogP contribution in [0.15, 0.2) is 53.9 Å². The van der Waals surface area contributed by atoms with Gasteiger partial charge in [0.05, 0.1) is 10.6 Å². The zero-order chi connectivity index (χ0) is 22.1. The maximum atomic E-state index is 12.8. The number of hydrogen-bond acceptors (Lipinski definition) is 6. The van der Waals surface area contributed by atoms with Gasteiger partial charge in [-0.1, -0.05) is 18.2 Å². The molecule has 0 unspecified atom stereocenters. The van der Waals surface area contributed by atoms with Crippen molar-refractivity contribution in [1.82, 2.24) is 24.7 Å². The van der Waals surface area contributed by atoms with Crippen molar-refractivity contribution in [1.29, 1.82) is 0 Å². The molecule has 1 saturated heterocycles. The topological polar surface area (TPSA) is 92.5 Å². The average molecular weight is 447 g/mol. The van der Waals surface area contributed by atoms with Crippen LogP contribution < -0.4 is 5.32 Å². The average Bonchev–Trinajstić information content (AvgIpc) is 3.48. The summed E-state index contributed by atoms with van der Waals surface area (Å²) in [4.78, 5) is 27.1. The number of thiophene rings is 1. The molecule has 2 amide bonds. The third-order valence-corrected chi connectivity index (χ3v) is 6.61. The predicted molar refractivity (Wildman–Crippen MR) is 123 cm³/mol. The number of amides is 2. The highest BCUT2D eigenvalue weighted by molar-refractivity contribution is 7.13. The second kappa shape index (κ2) is 8.51. The van der Waals surface area contributed by atoms with Gasteiger partial charge in [0.15, 0.2) is 11.5 Å². The standard InChI is InChI=1S/C23H22N6O2S/c1-15(30)28-11-9-16(10-12-28)23(31)24-18-5-2-4-17(14-18)19-7-8-21-25-26-22(29(21)27-19)20-6-3-13-32-20/h2-8,13-14,16H,9-12H2,1H3,(H,24,31). The van der Waals surface area contributed by atoms with Crippen LogP contribution in [-0.4, -0.2) is 49.6 Å². The Morgan fingerprint density at radius 2 is 1.91 bits per heavy atom. The molecule has 0 atom stereocenters. The van der Waals surface area contributed by atoms with Gasteiger partial charge in [0.1, 0.15) is 0 Å². The molecule has 0 radical (unpaired) electrons. The summed E-state index contributed by atoms with van der Waals surface area (Å²) in [5, 5.41) is 18.3. The molecule has 32 heavy (non-hydrogen) atoms. The number of likely N-dealkylation sites (tertiary alicyclic amines) is 1. The SMILES string of the molecule is CC(=O)N1CCC(C(=O)Nc2cccc(-c3ccc4nnc(-c5cccs5)n4n3)c2)CC1.